The minimum Gasteiger partial charge on any atom is -0.497 e. The van der Waals surface area contributed by atoms with E-state index in [2.05, 4.69) is 10.6 Å². The molecule has 0 saturated carbocycles. The van der Waals surface area contributed by atoms with Gasteiger partial charge in [0.1, 0.15) is 11.8 Å². The van der Waals surface area contributed by atoms with Crippen LogP contribution in [0.25, 0.3) is 0 Å². The molecule has 1 atom stereocenters. The van der Waals surface area contributed by atoms with Crippen molar-refractivity contribution in [3.8, 4) is 23.0 Å². The Morgan fingerprint density at radius 1 is 0.926 bits per heavy atom. The second-order valence-electron chi connectivity index (χ2n) is 5.85. The lowest BCUT2D eigenvalue weighted by Crippen LogP contribution is -2.37. The Morgan fingerprint density at radius 2 is 1.52 bits per heavy atom. The van der Waals surface area contributed by atoms with E-state index in [9.17, 15) is 4.79 Å². The zero-order chi connectivity index (χ0) is 19.8. The summed E-state index contributed by atoms with van der Waals surface area (Å²) in [6.45, 7) is 2.22. The van der Waals surface area contributed by atoms with Crippen LogP contribution in [0.1, 0.15) is 12.5 Å². The van der Waals surface area contributed by atoms with E-state index in [-0.39, 0.29) is 5.91 Å². The number of carbonyl (C=O) groups is 1. The summed E-state index contributed by atoms with van der Waals surface area (Å²) in [5.74, 6) is 2.19. The first kappa shape index (κ1) is 20.2. The fraction of sp³-hybridized carbons (Fsp3) is 0.350. The van der Waals surface area contributed by atoms with Gasteiger partial charge in [-0.1, -0.05) is 12.1 Å². The number of anilines is 1. The molecule has 7 heteroatoms. The van der Waals surface area contributed by atoms with Crippen molar-refractivity contribution in [1.82, 2.24) is 5.32 Å². The maximum Gasteiger partial charge on any atom is 0.242 e. The number of carbonyl (C=O) groups excluding carboxylic acids is 1. The molecule has 2 rings (SSSR count). The molecule has 0 spiro atoms. The van der Waals surface area contributed by atoms with Crippen molar-refractivity contribution >= 4 is 11.6 Å². The van der Waals surface area contributed by atoms with Crippen LogP contribution in [0.2, 0.25) is 0 Å². The molecule has 0 aliphatic rings. The van der Waals surface area contributed by atoms with Crippen molar-refractivity contribution in [2.24, 2.45) is 0 Å². The molecule has 0 aliphatic heterocycles. The summed E-state index contributed by atoms with van der Waals surface area (Å²) in [5.41, 5.74) is 1.68. The predicted molar refractivity (Wildman–Crippen MR) is 104 cm³/mol. The number of hydrogen-bond acceptors (Lipinski definition) is 6. The smallest absolute Gasteiger partial charge is 0.242 e. The summed E-state index contributed by atoms with van der Waals surface area (Å²) < 4.78 is 21.1. The molecule has 7 nitrogen and oxygen atoms in total. The van der Waals surface area contributed by atoms with E-state index in [1.807, 2.05) is 24.3 Å². The highest BCUT2D eigenvalue weighted by molar-refractivity contribution is 5.84. The van der Waals surface area contributed by atoms with Gasteiger partial charge in [0.2, 0.25) is 11.7 Å². The van der Waals surface area contributed by atoms with Crippen LogP contribution >= 0.6 is 0 Å². The summed E-state index contributed by atoms with van der Waals surface area (Å²) in [5, 5.41) is 6.06. The summed E-state index contributed by atoms with van der Waals surface area (Å²) >= 11 is 0. The first-order valence-corrected chi connectivity index (χ1v) is 8.49. The topological polar surface area (TPSA) is 78.1 Å². The fourth-order valence-electron chi connectivity index (χ4n) is 2.57. The molecule has 0 aliphatic carbocycles. The van der Waals surface area contributed by atoms with E-state index in [4.69, 9.17) is 18.9 Å². The van der Waals surface area contributed by atoms with Gasteiger partial charge in [-0.25, -0.2) is 0 Å². The minimum atomic E-state index is -0.453. The Morgan fingerprint density at radius 3 is 2.00 bits per heavy atom. The Kier molecular flexibility index (Phi) is 7.16. The molecule has 2 N–H and O–H groups in total. The molecule has 1 amide bonds. The number of methoxy groups -OCH3 is 4. The molecule has 2 aromatic carbocycles. The Labute approximate surface area is 159 Å². The molecule has 2 aromatic rings. The number of rotatable bonds is 9. The molecule has 0 bridgehead atoms. The van der Waals surface area contributed by atoms with E-state index < -0.39 is 6.04 Å². The van der Waals surface area contributed by atoms with Gasteiger partial charge in [0.05, 0.1) is 28.4 Å². The summed E-state index contributed by atoms with van der Waals surface area (Å²) in [6, 6.07) is 10.6. The van der Waals surface area contributed by atoms with Gasteiger partial charge in [-0.3, -0.25) is 4.79 Å². The average Bonchev–Trinajstić information content (AvgIpc) is 2.71. The molecule has 0 saturated heterocycles. The minimum absolute atomic E-state index is 0.125. The second-order valence-corrected chi connectivity index (χ2v) is 5.85. The van der Waals surface area contributed by atoms with E-state index >= 15 is 0 Å². The summed E-state index contributed by atoms with van der Waals surface area (Å²) in [4.78, 5) is 12.4. The molecule has 0 aromatic heterocycles. The quantitative estimate of drug-likeness (QED) is 0.703. The van der Waals surface area contributed by atoms with Gasteiger partial charge in [-0.15, -0.1) is 0 Å². The average molecular weight is 374 g/mol. The lowest BCUT2D eigenvalue weighted by molar-refractivity contribution is -0.121. The van der Waals surface area contributed by atoms with Crippen LogP contribution in [-0.2, 0) is 11.3 Å². The molecule has 27 heavy (non-hydrogen) atoms. The molecular formula is C20H26N2O5. The molecule has 0 fully saturated rings. The zero-order valence-corrected chi connectivity index (χ0v) is 16.3. The second kappa shape index (κ2) is 9.56. The third kappa shape index (κ3) is 5.20. The maximum absolute atomic E-state index is 12.4. The third-order valence-electron chi connectivity index (χ3n) is 4.07. The van der Waals surface area contributed by atoms with Crippen molar-refractivity contribution in [2.75, 3.05) is 33.8 Å². The van der Waals surface area contributed by atoms with Crippen LogP contribution in [-0.4, -0.2) is 40.4 Å². The van der Waals surface area contributed by atoms with Crippen LogP contribution in [0.3, 0.4) is 0 Å². The molecule has 0 heterocycles. The zero-order valence-electron chi connectivity index (χ0n) is 16.3. The van der Waals surface area contributed by atoms with Gasteiger partial charge in [0.15, 0.2) is 11.5 Å². The van der Waals surface area contributed by atoms with Gasteiger partial charge in [-0.05, 0) is 24.6 Å². The fourth-order valence-corrected chi connectivity index (χ4v) is 2.57. The van der Waals surface area contributed by atoms with Crippen molar-refractivity contribution in [2.45, 2.75) is 19.5 Å². The lowest BCUT2D eigenvalue weighted by atomic mass is 10.2. The van der Waals surface area contributed by atoms with Crippen molar-refractivity contribution in [1.29, 1.82) is 0 Å². The molecule has 0 unspecified atom stereocenters. The lowest BCUT2D eigenvalue weighted by Gasteiger charge is -2.18. The van der Waals surface area contributed by atoms with Crippen LogP contribution < -0.4 is 29.6 Å². The van der Waals surface area contributed by atoms with Gasteiger partial charge >= 0.3 is 0 Å². The highest BCUT2D eigenvalue weighted by atomic mass is 16.5. The number of hydrogen-bond donors (Lipinski definition) is 2. The predicted octanol–water partition coefficient (Wildman–Crippen LogP) is 2.84. The monoisotopic (exact) mass is 374 g/mol. The number of ether oxygens (including phenoxy) is 4. The SMILES string of the molecule is COc1ccc(CNC(=O)[C@@H](C)Nc2cc(OC)c(OC)c(OC)c2)cc1. The highest BCUT2D eigenvalue weighted by Gasteiger charge is 2.17. The first-order chi connectivity index (χ1) is 13.0. The number of benzene rings is 2. The Balaban J connectivity index is 2.00. The van der Waals surface area contributed by atoms with Crippen molar-refractivity contribution in [3.05, 3.63) is 42.0 Å². The van der Waals surface area contributed by atoms with Crippen LogP contribution in [0.4, 0.5) is 5.69 Å². The van der Waals surface area contributed by atoms with Crippen LogP contribution in [0.5, 0.6) is 23.0 Å². The van der Waals surface area contributed by atoms with Crippen LogP contribution in [0.15, 0.2) is 36.4 Å². The molecule has 0 radical (unpaired) electrons. The van der Waals surface area contributed by atoms with Crippen molar-refractivity contribution < 1.29 is 23.7 Å². The van der Waals surface area contributed by atoms with Gasteiger partial charge in [0.25, 0.3) is 0 Å². The number of amides is 1. The van der Waals surface area contributed by atoms with E-state index in [0.717, 1.165) is 11.3 Å². The first-order valence-electron chi connectivity index (χ1n) is 8.49. The van der Waals surface area contributed by atoms with Gasteiger partial charge in [0, 0.05) is 24.4 Å². The Hall–Kier alpha value is -3.09. The largest absolute Gasteiger partial charge is 0.497 e. The highest BCUT2D eigenvalue weighted by Crippen LogP contribution is 2.40. The van der Waals surface area contributed by atoms with E-state index in [1.54, 1.807) is 47.5 Å². The molecular weight excluding hydrogens is 348 g/mol. The summed E-state index contributed by atoms with van der Waals surface area (Å²) in [7, 11) is 6.26. The van der Waals surface area contributed by atoms with Gasteiger partial charge < -0.3 is 29.6 Å². The van der Waals surface area contributed by atoms with Crippen LogP contribution in [0, 0.1) is 0 Å². The summed E-state index contributed by atoms with van der Waals surface area (Å²) in [6.07, 6.45) is 0. The third-order valence-corrected chi connectivity index (χ3v) is 4.07. The standard InChI is InChI=1S/C20H26N2O5/c1-13(20(23)21-12-14-6-8-16(24-2)9-7-14)22-15-10-17(25-3)19(27-5)18(11-15)26-4/h6-11,13,22H,12H2,1-5H3,(H,21,23)/t13-/m1/s1. The number of nitrogens with one attached hydrogen (secondary N) is 2. The van der Waals surface area contributed by atoms with E-state index in [0.29, 0.717) is 29.5 Å². The maximum atomic E-state index is 12.4. The Bertz CT molecular complexity index is 736. The van der Waals surface area contributed by atoms with Crippen molar-refractivity contribution in [3.63, 3.8) is 0 Å². The van der Waals surface area contributed by atoms with Gasteiger partial charge in [-0.2, -0.15) is 0 Å². The molecule has 146 valence electrons. The normalized spacial score (nSPS) is 11.3. The van der Waals surface area contributed by atoms with E-state index in [1.165, 1.54) is 0 Å².